The molecule has 0 unspecified atom stereocenters. The number of benzene rings is 5. The molecule has 3 nitrogen and oxygen atoms in total. The van der Waals surface area contributed by atoms with Crippen molar-refractivity contribution in [3.05, 3.63) is 97.1 Å². The molecule has 4 heteroatoms. The van der Waals surface area contributed by atoms with Crippen LogP contribution in [0.1, 0.15) is 27.7 Å². The summed E-state index contributed by atoms with van der Waals surface area (Å²) in [4.78, 5) is 5.32. The first-order valence-corrected chi connectivity index (χ1v) is 12.9. The smallest absolute Gasteiger partial charge is 0.399 e. The van der Waals surface area contributed by atoms with E-state index in [0.29, 0.717) is 0 Å². The van der Waals surface area contributed by atoms with Gasteiger partial charge in [-0.05, 0) is 60.8 Å². The molecule has 0 amide bonds. The third kappa shape index (κ3) is 3.33. The van der Waals surface area contributed by atoms with E-state index in [2.05, 4.69) is 125 Å². The van der Waals surface area contributed by atoms with Gasteiger partial charge in [0.15, 0.2) is 0 Å². The normalized spacial score (nSPS) is 16.8. The van der Waals surface area contributed by atoms with Crippen molar-refractivity contribution in [1.82, 2.24) is 4.98 Å². The number of hydrogen-bond acceptors (Lipinski definition) is 3. The summed E-state index contributed by atoms with van der Waals surface area (Å²) in [7, 11) is -0.430. The molecule has 0 aliphatic carbocycles. The average molecular weight is 481 g/mol. The van der Waals surface area contributed by atoms with Gasteiger partial charge < -0.3 is 9.31 Å². The third-order valence-electron chi connectivity index (χ3n) is 8.27. The third-order valence-corrected chi connectivity index (χ3v) is 8.27. The van der Waals surface area contributed by atoms with E-state index < -0.39 is 18.3 Å². The van der Waals surface area contributed by atoms with Crippen LogP contribution in [0.25, 0.3) is 54.5 Å². The first-order chi connectivity index (χ1) is 17.8. The fourth-order valence-corrected chi connectivity index (χ4v) is 5.63. The van der Waals surface area contributed by atoms with E-state index in [1.165, 1.54) is 32.3 Å². The van der Waals surface area contributed by atoms with Gasteiger partial charge >= 0.3 is 7.12 Å². The zero-order chi connectivity index (χ0) is 25.4. The van der Waals surface area contributed by atoms with Gasteiger partial charge in [0.1, 0.15) is 0 Å². The predicted molar refractivity (Wildman–Crippen MR) is 155 cm³/mol. The Hall–Kier alpha value is -3.73. The van der Waals surface area contributed by atoms with Gasteiger partial charge in [-0.3, -0.25) is 0 Å². The molecule has 1 aromatic heterocycles. The molecule has 1 aliphatic rings. The molecule has 7 rings (SSSR count). The molecule has 0 bridgehead atoms. The molecule has 1 fully saturated rings. The van der Waals surface area contributed by atoms with E-state index in [1.54, 1.807) is 0 Å². The zero-order valence-corrected chi connectivity index (χ0v) is 21.6. The minimum atomic E-state index is -0.430. The fourth-order valence-electron chi connectivity index (χ4n) is 5.63. The van der Waals surface area contributed by atoms with Crippen molar-refractivity contribution in [2.45, 2.75) is 38.9 Å². The van der Waals surface area contributed by atoms with Crippen molar-refractivity contribution in [2.24, 2.45) is 0 Å². The SMILES string of the molecule is CC1(C)OB(c2ccc3c(c2)nc(-c2ccccc2)c2c4ccccc4c4ccccc4c32)OC1(C)C. The maximum atomic E-state index is 6.38. The molecule has 0 N–H and O–H groups in total. The van der Waals surface area contributed by atoms with Gasteiger partial charge in [-0.15, -0.1) is 0 Å². The molecule has 1 aliphatic heterocycles. The molecule has 1 saturated heterocycles. The standard InChI is InChI=1S/C33H28BNO2/c1-32(2)33(3,4)37-34(36-32)22-18-19-27-28(20-22)35-31(21-12-6-5-7-13-21)30-26-17-11-9-15-24(26)23-14-8-10-16-25(23)29(27)30/h5-20H,1-4H3. The van der Waals surface area contributed by atoms with Crippen LogP contribution in [0.4, 0.5) is 0 Å². The highest BCUT2D eigenvalue weighted by Crippen LogP contribution is 2.43. The van der Waals surface area contributed by atoms with E-state index >= 15 is 0 Å². The summed E-state index contributed by atoms with van der Waals surface area (Å²) >= 11 is 0. The van der Waals surface area contributed by atoms with Crippen LogP contribution in [0.5, 0.6) is 0 Å². The second kappa shape index (κ2) is 7.88. The summed E-state index contributed by atoms with van der Waals surface area (Å²) in [5.41, 5.74) is 3.25. The van der Waals surface area contributed by atoms with Gasteiger partial charge in [-0.25, -0.2) is 4.98 Å². The largest absolute Gasteiger partial charge is 0.494 e. The highest BCUT2D eigenvalue weighted by Gasteiger charge is 2.51. The Kier molecular flexibility index (Phi) is 4.79. The van der Waals surface area contributed by atoms with Crippen LogP contribution < -0.4 is 5.46 Å². The van der Waals surface area contributed by atoms with Gasteiger partial charge in [0.2, 0.25) is 0 Å². The summed E-state index contributed by atoms with van der Waals surface area (Å²) in [6, 6.07) is 34.4. The van der Waals surface area contributed by atoms with Crippen molar-refractivity contribution >= 4 is 55.8 Å². The molecule has 0 spiro atoms. The molecule has 0 saturated carbocycles. The summed E-state index contributed by atoms with van der Waals surface area (Å²) in [5, 5.41) is 8.53. The molecule has 2 heterocycles. The van der Waals surface area contributed by atoms with Crippen LogP contribution in [-0.4, -0.2) is 23.3 Å². The van der Waals surface area contributed by atoms with Gasteiger partial charge in [0.25, 0.3) is 0 Å². The molecular weight excluding hydrogens is 453 g/mol. The summed E-state index contributed by atoms with van der Waals surface area (Å²) in [6.07, 6.45) is 0. The van der Waals surface area contributed by atoms with E-state index in [4.69, 9.17) is 14.3 Å². The van der Waals surface area contributed by atoms with Gasteiger partial charge in [-0.1, -0.05) is 91.0 Å². The van der Waals surface area contributed by atoms with Gasteiger partial charge in [0.05, 0.1) is 22.4 Å². The van der Waals surface area contributed by atoms with Crippen molar-refractivity contribution in [3.63, 3.8) is 0 Å². The second-order valence-corrected chi connectivity index (χ2v) is 11.0. The first kappa shape index (κ1) is 22.5. The molecule has 6 aromatic rings. The van der Waals surface area contributed by atoms with E-state index in [9.17, 15) is 0 Å². The Morgan fingerprint density at radius 2 is 1.11 bits per heavy atom. The Labute approximate surface area is 217 Å². The van der Waals surface area contributed by atoms with Crippen molar-refractivity contribution < 1.29 is 9.31 Å². The fraction of sp³-hybridized carbons (Fsp3) is 0.182. The Balaban J connectivity index is 1.60. The van der Waals surface area contributed by atoms with Crippen molar-refractivity contribution in [3.8, 4) is 11.3 Å². The number of aromatic nitrogens is 1. The summed E-state index contributed by atoms with van der Waals surface area (Å²) in [5.74, 6) is 0. The number of rotatable bonds is 2. The first-order valence-electron chi connectivity index (χ1n) is 12.9. The second-order valence-electron chi connectivity index (χ2n) is 11.0. The Bertz CT molecular complexity index is 1830. The molecule has 5 aromatic carbocycles. The lowest BCUT2D eigenvalue weighted by atomic mass is 9.78. The lowest BCUT2D eigenvalue weighted by molar-refractivity contribution is 0.00578. The van der Waals surface area contributed by atoms with Crippen molar-refractivity contribution in [2.75, 3.05) is 0 Å². The quantitative estimate of drug-likeness (QED) is 0.188. The molecule has 0 radical (unpaired) electrons. The maximum absolute atomic E-state index is 6.38. The Morgan fingerprint density at radius 1 is 0.568 bits per heavy atom. The van der Waals surface area contributed by atoms with E-state index in [0.717, 1.165) is 27.6 Å². The zero-order valence-electron chi connectivity index (χ0n) is 21.6. The summed E-state index contributed by atoms with van der Waals surface area (Å²) < 4.78 is 12.8. The highest BCUT2D eigenvalue weighted by atomic mass is 16.7. The van der Waals surface area contributed by atoms with Gasteiger partial charge in [0, 0.05) is 21.7 Å². The minimum Gasteiger partial charge on any atom is -0.399 e. The lowest BCUT2D eigenvalue weighted by Gasteiger charge is -2.32. The molecule has 0 atom stereocenters. The van der Waals surface area contributed by atoms with E-state index in [1.807, 2.05) is 0 Å². The highest BCUT2D eigenvalue weighted by molar-refractivity contribution is 6.62. The number of pyridine rings is 1. The average Bonchev–Trinajstić information content (AvgIpc) is 3.14. The van der Waals surface area contributed by atoms with Crippen LogP contribution in [0.3, 0.4) is 0 Å². The Morgan fingerprint density at radius 3 is 1.73 bits per heavy atom. The van der Waals surface area contributed by atoms with Crippen LogP contribution in [0.15, 0.2) is 97.1 Å². The topological polar surface area (TPSA) is 31.4 Å². The molecule has 37 heavy (non-hydrogen) atoms. The number of hydrogen-bond donors (Lipinski definition) is 0. The van der Waals surface area contributed by atoms with Crippen LogP contribution in [0, 0.1) is 0 Å². The number of nitrogens with zero attached hydrogens (tertiary/aromatic N) is 1. The molecular formula is C33H28BNO2. The minimum absolute atomic E-state index is 0.395. The van der Waals surface area contributed by atoms with Crippen molar-refractivity contribution in [1.29, 1.82) is 0 Å². The number of fused-ring (bicyclic) bond motifs is 8. The van der Waals surface area contributed by atoms with Gasteiger partial charge in [-0.2, -0.15) is 0 Å². The van der Waals surface area contributed by atoms with E-state index in [-0.39, 0.29) is 0 Å². The summed E-state index contributed by atoms with van der Waals surface area (Å²) in [6.45, 7) is 8.35. The van der Waals surface area contributed by atoms with Crippen LogP contribution in [0.2, 0.25) is 0 Å². The monoisotopic (exact) mass is 481 g/mol. The van der Waals surface area contributed by atoms with Crippen LogP contribution >= 0.6 is 0 Å². The maximum Gasteiger partial charge on any atom is 0.494 e. The lowest BCUT2D eigenvalue weighted by Crippen LogP contribution is -2.41. The van der Waals surface area contributed by atoms with Crippen LogP contribution in [-0.2, 0) is 9.31 Å². The predicted octanol–water partition coefficient (Wildman–Crippen LogP) is 7.66. The molecule has 180 valence electrons.